The zero-order valence-corrected chi connectivity index (χ0v) is 13.9. The van der Waals surface area contributed by atoms with E-state index in [0.717, 1.165) is 12.8 Å². The third-order valence-electron chi connectivity index (χ3n) is 4.29. The number of carbonyl (C=O) groups is 2. The van der Waals surface area contributed by atoms with Crippen molar-refractivity contribution in [2.75, 3.05) is 32.5 Å². The smallest absolute Gasteiger partial charge is 0.271 e. The summed E-state index contributed by atoms with van der Waals surface area (Å²) in [5.41, 5.74) is 10.7. The van der Waals surface area contributed by atoms with Crippen LogP contribution in [0.15, 0.2) is 6.33 Å². The summed E-state index contributed by atoms with van der Waals surface area (Å²) in [5, 5.41) is 0. The molecule has 1 aliphatic heterocycles. The molecule has 2 amide bonds. The maximum Gasteiger partial charge on any atom is 0.271 e. The van der Waals surface area contributed by atoms with Gasteiger partial charge in [0.15, 0.2) is 5.69 Å². The van der Waals surface area contributed by atoms with Crippen molar-refractivity contribution in [3.05, 3.63) is 12.0 Å². The first-order chi connectivity index (χ1) is 10.8. The normalized spacial score (nSPS) is 16.6. The van der Waals surface area contributed by atoms with Crippen LogP contribution in [-0.4, -0.2) is 53.1 Å². The summed E-state index contributed by atoms with van der Waals surface area (Å²) in [6.45, 7) is 5.44. The molecule has 128 valence electrons. The Hall–Kier alpha value is -2.09. The van der Waals surface area contributed by atoms with Crippen molar-refractivity contribution >= 4 is 17.6 Å². The van der Waals surface area contributed by atoms with Crippen molar-refractivity contribution in [2.24, 2.45) is 11.1 Å². The van der Waals surface area contributed by atoms with Gasteiger partial charge in [-0.3, -0.25) is 9.59 Å². The van der Waals surface area contributed by atoms with Crippen molar-refractivity contribution in [1.29, 1.82) is 0 Å². The van der Waals surface area contributed by atoms with E-state index < -0.39 is 11.3 Å². The fraction of sp³-hybridized carbons (Fsp3) is 0.667. The molecule has 1 fully saturated rings. The standard InChI is InChI=1S/C15H25N5O3/c1-15(2,8-23-3)14(22)19-6-4-10(5-7-19)20-9-18-11(12(20)16)13(17)21/h9-10H,4-8,16H2,1-3H3,(H2,17,21). The highest BCUT2D eigenvalue weighted by Crippen LogP contribution is 2.29. The van der Waals surface area contributed by atoms with Gasteiger partial charge in [0.05, 0.1) is 18.3 Å². The van der Waals surface area contributed by atoms with E-state index in [9.17, 15) is 9.59 Å². The number of aromatic nitrogens is 2. The summed E-state index contributed by atoms with van der Waals surface area (Å²) in [6.07, 6.45) is 3.06. The van der Waals surface area contributed by atoms with Gasteiger partial charge in [-0.25, -0.2) is 4.98 Å². The first-order valence-electron chi connectivity index (χ1n) is 7.68. The minimum Gasteiger partial charge on any atom is -0.384 e. The Balaban J connectivity index is 2.02. The molecule has 1 saturated heterocycles. The Morgan fingerprint density at radius 2 is 2.00 bits per heavy atom. The maximum atomic E-state index is 12.6. The molecule has 2 heterocycles. The van der Waals surface area contributed by atoms with Gasteiger partial charge in [0, 0.05) is 26.2 Å². The monoisotopic (exact) mass is 323 g/mol. The molecule has 1 aliphatic rings. The molecule has 4 N–H and O–H groups in total. The molecule has 0 radical (unpaired) electrons. The van der Waals surface area contributed by atoms with Gasteiger partial charge < -0.3 is 25.7 Å². The van der Waals surface area contributed by atoms with Crippen LogP contribution < -0.4 is 11.5 Å². The van der Waals surface area contributed by atoms with Crippen molar-refractivity contribution in [3.63, 3.8) is 0 Å². The number of ether oxygens (including phenoxy) is 1. The van der Waals surface area contributed by atoms with Crippen LogP contribution in [0.5, 0.6) is 0 Å². The number of nitrogens with zero attached hydrogens (tertiary/aromatic N) is 3. The summed E-state index contributed by atoms with van der Waals surface area (Å²) in [4.78, 5) is 29.6. The van der Waals surface area contributed by atoms with E-state index in [0.29, 0.717) is 25.5 Å². The van der Waals surface area contributed by atoms with Crippen molar-refractivity contribution in [2.45, 2.75) is 32.7 Å². The fourth-order valence-electron chi connectivity index (χ4n) is 3.05. The minimum absolute atomic E-state index is 0.0919. The highest BCUT2D eigenvalue weighted by molar-refractivity contribution is 5.95. The van der Waals surface area contributed by atoms with Crippen LogP contribution in [0.25, 0.3) is 0 Å². The number of primary amides is 1. The predicted molar refractivity (Wildman–Crippen MR) is 85.7 cm³/mol. The Labute approximate surface area is 135 Å². The second-order valence-electron chi connectivity index (χ2n) is 6.59. The Morgan fingerprint density at radius 3 is 2.48 bits per heavy atom. The van der Waals surface area contributed by atoms with Gasteiger partial charge in [0.2, 0.25) is 5.91 Å². The van der Waals surface area contributed by atoms with Gasteiger partial charge in [-0.2, -0.15) is 0 Å². The number of carbonyl (C=O) groups excluding carboxylic acids is 2. The number of methoxy groups -OCH3 is 1. The summed E-state index contributed by atoms with van der Waals surface area (Å²) in [6, 6.07) is 0.116. The largest absolute Gasteiger partial charge is 0.384 e. The second-order valence-corrected chi connectivity index (χ2v) is 6.59. The third kappa shape index (κ3) is 3.47. The lowest BCUT2D eigenvalue weighted by molar-refractivity contribution is -0.144. The van der Waals surface area contributed by atoms with Gasteiger partial charge in [0.1, 0.15) is 5.82 Å². The quantitative estimate of drug-likeness (QED) is 0.813. The first kappa shape index (κ1) is 17.3. The van der Waals surface area contributed by atoms with Crippen molar-refractivity contribution < 1.29 is 14.3 Å². The lowest BCUT2D eigenvalue weighted by atomic mass is 9.91. The minimum atomic E-state index is -0.629. The molecule has 0 unspecified atom stereocenters. The van der Waals surface area contributed by atoms with Crippen LogP contribution >= 0.6 is 0 Å². The van der Waals surface area contributed by atoms with Crippen LogP contribution in [0, 0.1) is 5.41 Å². The first-order valence-corrected chi connectivity index (χ1v) is 7.68. The number of hydrogen-bond donors (Lipinski definition) is 2. The van der Waals surface area contributed by atoms with E-state index in [1.807, 2.05) is 18.7 Å². The van der Waals surface area contributed by atoms with Crippen LogP contribution in [-0.2, 0) is 9.53 Å². The van der Waals surface area contributed by atoms with Gasteiger partial charge in [0.25, 0.3) is 5.91 Å². The molecule has 8 nitrogen and oxygen atoms in total. The maximum absolute atomic E-state index is 12.6. The van der Waals surface area contributed by atoms with Crippen LogP contribution in [0.3, 0.4) is 0 Å². The molecule has 1 aromatic rings. The molecule has 23 heavy (non-hydrogen) atoms. The van der Waals surface area contributed by atoms with E-state index in [4.69, 9.17) is 16.2 Å². The summed E-state index contributed by atoms with van der Waals surface area (Å²) >= 11 is 0. The van der Waals surface area contributed by atoms with Gasteiger partial charge in [-0.15, -0.1) is 0 Å². The van der Waals surface area contributed by atoms with Crippen LogP contribution in [0.1, 0.15) is 43.2 Å². The number of piperidine rings is 1. The molecular formula is C15H25N5O3. The van der Waals surface area contributed by atoms with E-state index in [2.05, 4.69) is 4.98 Å². The topological polar surface area (TPSA) is 116 Å². The van der Waals surface area contributed by atoms with Crippen molar-refractivity contribution in [3.8, 4) is 0 Å². The average molecular weight is 323 g/mol. The van der Waals surface area contributed by atoms with Crippen LogP contribution in [0.4, 0.5) is 5.82 Å². The summed E-state index contributed by atoms with van der Waals surface area (Å²) < 4.78 is 6.91. The number of nitrogen functional groups attached to an aromatic ring is 1. The average Bonchev–Trinajstić information content (AvgIpc) is 2.88. The molecule has 2 rings (SSSR count). The second kappa shape index (κ2) is 6.57. The number of nitrogens with two attached hydrogens (primary N) is 2. The number of amides is 2. The van der Waals surface area contributed by atoms with E-state index >= 15 is 0 Å². The van der Waals surface area contributed by atoms with Gasteiger partial charge >= 0.3 is 0 Å². The SMILES string of the molecule is COCC(C)(C)C(=O)N1CCC(n2cnc(C(N)=O)c2N)CC1. The van der Waals surface area contributed by atoms with E-state index in [-0.39, 0.29) is 17.6 Å². The Kier molecular flexibility index (Phi) is 4.93. The summed E-state index contributed by atoms with van der Waals surface area (Å²) in [5.74, 6) is -0.244. The molecule has 0 saturated carbocycles. The summed E-state index contributed by atoms with van der Waals surface area (Å²) in [7, 11) is 1.60. The Morgan fingerprint density at radius 1 is 1.39 bits per heavy atom. The lowest BCUT2D eigenvalue weighted by Crippen LogP contribution is -2.47. The molecule has 0 spiro atoms. The van der Waals surface area contributed by atoms with E-state index in [1.54, 1.807) is 18.0 Å². The van der Waals surface area contributed by atoms with Crippen molar-refractivity contribution in [1.82, 2.24) is 14.5 Å². The fourth-order valence-corrected chi connectivity index (χ4v) is 3.05. The van der Waals surface area contributed by atoms with Gasteiger partial charge in [-0.1, -0.05) is 0 Å². The number of imidazole rings is 1. The van der Waals surface area contributed by atoms with Gasteiger partial charge in [-0.05, 0) is 26.7 Å². The zero-order chi connectivity index (χ0) is 17.2. The highest BCUT2D eigenvalue weighted by atomic mass is 16.5. The third-order valence-corrected chi connectivity index (χ3v) is 4.29. The molecule has 0 aliphatic carbocycles. The number of likely N-dealkylation sites (tertiary alicyclic amines) is 1. The molecule has 1 aromatic heterocycles. The highest BCUT2D eigenvalue weighted by Gasteiger charge is 2.34. The number of hydrogen-bond acceptors (Lipinski definition) is 5. The molecule has 8 heteroatoms. The predicted octanol–water partition coefficient (Wildman–Crippen LogP) is 0.400. The number of anilines is 1. The molecule has 0 bridgehead atoms. The molecule has 0 aromatic carbocycles. The van der Waals surface area contributed by atoms with E-state index in [1.165, 1.54) is 0 Å². The zero-order valence-electron chi connectivity index (χ0n) is 13.9. The molecular weight excluding hydrogens is 298 g/mol. The number of rotatable bonds is 5. The van der Waals surface area contributed by atoms with Crippen LogP contribution in [0.2, 0.25) is 0 Å². The lowest BCUT2D eigenvalue weighted by Gasteiger charge is -2.37. The molecule has 0 atom stereocenters. The Bertz CT molecular complexity index is 588.